The minimum atomic E-state index is -0.795. The number of rotatable bonds is 9. The molecule has 2 amide bonds. The van der Waals surface area contributed by atoms with Crippen LogP contribution in [0.5, 0.6) is 0 Å². The van der Waals surface area contributed by atoms with Gasteiger partial charge in [-0.25, -0.2) is 14.8 Å². The maximum atomic E-state index is 14.3. The summed E-state index contributed by atoms with van der Waals surface area (Å²) >= 11 is 3.96. The highest BCUT2D eigenvalue weighted by Gasteiger charge is 2.54. The van der Waals surface area contributed by atoms with E-state index in [0.29, 0.717) is 19.7 Å². The number of aromatic nitrogens is 2. The summed E-state index contributed by atoms with van der Waals surface area (Å²) in [6.07, 6.45) is 2.39. The quantitative estimate of drug-likeness (QED) is 0.163. The first-order valence-electron chi connectivity index (χ1n) is 14.7. The molecule has 2 aliphatic rings. The van der Waals surface area contributed by atoms with Crippen LogP contribution in [-0.4, -0.2) is 49.8 Å². The largest absolute Gasteiger partial charge is 0.448 e. The Balaban J connectivity index is 1.22. The molecule has 2 aliphatic heterocycles. The third kappa shape index (κ3) is 6.44. The topological polar surface area (TPSA) is 119 Å². The molecule has 0 saturated carbocycles. The van der Waals surface area contributed by atoms with Crippen LogP contribution in [0.4, 0.5) is 0 Å². The molecule has 2 atom stereocenters. The standard InChI is InChI=1S/C35H26N4O5S3/c40-24-19-27(47-32-28(24)36-16-17-37-32)46-25-20-45-34-29(38-26(41)18-21-10-4-1-5-11-21)33(42)39(34)30(25)35(43)44-31(22-12-6-2-7-13-22)23-14-8-3-9-15-23/h1-17,19,29,31,34H,18,20H2,(H,38,41)/t29?,34-/m0/s1. The number of hydrogen-bond donors (Lipinski definition) is 1. The Kier molecular flexibility index (Phi) is 8.88. The smallest absolute Gasteiger partial charge is 0.356 e. The summed E-state index contributed by atoms with van der Waals surface area (Å²) < 4.78 is 6.84. The minimum Gasteiger partial charge on any atom is -0.448 e. The number of amides is 2. The van der Waals surface area contributed by atoms with Crippen LogP contribution in [0.25, 0.3) is 10.3 Å². The van der Waals surface area contributed by atoms with E-state index in [9.17, 15) is 19.2 Å². The first kappa shape index (κ1) is 30.9. The molecule has 9 nitrogen and oxygen atoms in total. The fraction of sp³-hybridized carbons (Fsp3) is 0.143. The van der Waals surface area contributed by atoms with E-state index in [1.807, 2.05) is 91.0 Å². The second kappa shape index (κ2) is 13.5. The molecule has 12 heteroatoms. The maximum Gasteiger partial charge on any atom is 0.356 e. The first-order valence-corrected chi connectivity index (χ1v) is 17.4. The summed E-state index contributed by atoms with van der Waals surface area (Å²) in [6.45, 7) is 0. The zero-order valence-corrected chi connectivity index (χ0v) is 27.1. The Bertz CT molecular complexity index is 2020. The van der Waals surface area contributed by atoms with Gasteiger partial charge in [0.2, 0.25) is 11.3 Å². The number of nitrogens with zero attached hydrogens (tertiary/aromatic N) is 3. The van der Waals surface area contributed by atoms with Crippen molar-refractivity contribution in [3.8, 4) is 0 Å². The lowest BCUT2D eigenvalue weighted by Crippen LogP contribution is -2.70. The van der Waals surface area contributed by atoms with E-state index < -0.39 is 29.4 Å². The zero-order chi connectivity index (χ0) is 32.3. The summed E-state index contributed by atoms with van der Waals surface area (Å²) in [5, 5.41) is 2.37. The van der Waals surface area contributed by atoms with Crippen molar-refractivity contribution < 1.29 is 19.1 Å². The number of benzene rings is 3. The Morgan fingerprint density at radius 2 is 1.55 bits per heavy atom. The summed E-state index contributed by atoms with van der Waals surface area (Å²) in [4.78, 5) is 64.7. The summed E-state index contributed by atoms with van der Waals surface area (Å²) in [7, 11) is 0. The molecule has 0 bridgehead atoms. The zero-order valence-electron chi connectivity index (χ0n) is 24.6. The number of thioether (sulfide) groups is 2. The average Bonchev–Trinajstić information content (AvgIpc) is 3.10. The van der Waals surface area contributed by atoms with E-state index >= 15 is 0 Å². The van der Waals surface area contributed by atoms with Crippen LogP contribution in [0.1, 0.15) is 22.8 Å². The summed E-state index contributed by atoms with van der Waals surface area (Å²) in [5.74, 6) is -0.999. The lowest BCUT2D eigenvalue weighted by atomic mass is 10.0. The Hall–Kier alpha value is -4.78. The van der Waals surface area contributed by atoms with Gasteiger partial charge in [-0.3, -0.25) is 19.3 Å². The van der Waals surface area contributed by atoms with Gasteiger partial charge in [0.1, 0.15) is 27.5 Å². The van der Waals surface area contributed by atoms with E-state index in [1.165, 1.54) is 58.2 Å². The van der Waals surface area contributed by atoms with E-state index in [4.69, 9.17) is 4.74 Å². The van der Waals surface area contributed by atoms with Gasteiger partial charge in [0, 0.05) is 29.1 Å². The molecule has 47 heavy (non-hydrogen) atoms. The summed E-state index contributed by atoms with van der Waals surface area (Å²) in [5.41, 5.74) is 2.48. The van der Waals surface area contributed by atoms with Crippen molar-refractivity contribution in [2.24, 2.45) is 0 Å². The molecule has 5 aromatic rings. The van der Waals surface area contributed by atoms with Gasteiger partial charge in [0.15, 0.2) is 6.10 Å². The van der Waals surface area contributed by atoms with Crippen LogP contribution in [-0.2, 0) is 25.5 Å². The lowest BCUT2D eigenvalue weighted by molar-refractivity contribution is -0.154. The molecular formula is C35H26N4O5S3. The predicted molar refractivity (Wildman–Crippen MR) is 183 cm³/mol. The fourth-order valence-corrected chi connectivity index (χ4v) is 9.20. The monoisotopic (exact) mass is 678 g/mol. The number of nitrogens with one attached hydrogen (secondary N) is 1. The third-order valence-corrected chi connectivity index (χ3v) is 11.3. The van der Waals surface area contributed by atoms with Crippen molar-refractivity contribution >= 4 is 63.0 Å². The van der Waals surface area contributed by atoms with Gasteiger partial charge in [0.25, 0.3) is 5.91 Å². The second-order valence-corrected chi connectivity index (χ2v) is 14.3. The van der Waals surface area contributed by atoms with Gasteiger partial charge < -0.3 is 10.1 Å². The van der Waals surface area contributed by atoms with Crippen molar-refractivity contribution in [2.75, 3.05) is 5.75 Å². The van der Waals surface area contributed by atoms with Gasteiger partial charge in [-0.1, -0.05) is 103 Å². The molecule has 234 valence electrons. The number of carbonyl (C=O) groups excluding carboxylic acids is 3. The Morgan fingerprint density at radius 1 is 0.915 bits per heavy atom. The van der Waals surface area contributed by atoms with Gasteiger partial charge in [-0.2, -0.15) is 0 Å². The molecule has 0 spiro atoms. The summed E-state index contributed by atoms with van der Waals surface area (Å²) in [6, 6.07) is 28.8. The first-order chi connectivity index (χ1) is 23.0. The van der Waals surface area contributed by atoms with Crippen LogP contribution in [0.15, 0.2) is 129 Å². The van der Waals surface area contributed by atoms with E-state index in [0.717, 1.165) is 16.7 Å². The molecule has 7 rings (SSSR count). The van der Waals surface area contributed by atoms with E-state index in [1.54, 1.807) is 0 Å². The second-order valence-electron chi connectivity index (χ2n) is 10.7. The lowest BCUT2D eigenvalue weighted by Gasteiger charge is -2.49. The van der Waals surface area contributed by atoms with E-state index in [2.05, 4.69) is 15.3 Å². The SMILES string of the molecule is O=C(Cc1ccccc1)NC1C(=O)N2C(C(=O)OC(c3ccccc3)c3ccccc3)=C(Sc3cc(=O)c4nccnc4s3)CS[C@@H]12. The Morgan fingerprint density at radius 3 is 2.23 bits per heavy atom. The number of fused-ring (bicyclic) bond motifs is 2. The highest BCUT2D eigenvalue weighted by atomic mass is 32.2. The average molecular weight is 679 g/mol. The molecule has 1 unspecified atom stereocenters. The van der Waals surface area contributed by atoms with Crippen molar-refractivity contribution in [3.63, 3.8) is 0 Å². The van der Waals surface area contributed by atoms with Gasteiger partial charge in [0.05, 0.1) is 10.6 Å². The number of β-lactam (4-membered cyclic amide) rings is 1. The molecular weight excluding hydrogens is 653 g/mol. The number of esters is 1. The Labute approximate surface area is 282 Å². The fourth-order valence-electron chi connectivity index (χ4n) is 5.45. The maximum absolute atomic E-state index is 14.3. The molecule has 0 aliphatic carbocycles. The molecule has 2 aromatic heterocycles. The van der Waals surface area contributed by atoms with Crippen LogP contribution in [0.3, 0.4) is 0 Å². The predicted octanol–water partition coefficient (Wildman–Crippen LogP) is 5.33. The van der Waals surface area contributed by atoms with E-state index in [-0.39, 0.29) is 29.0 Å². The minimum absolute atomic E-state index is 0.105. The number of carbonyl (C=O) groups is 3. The normalized spacial score (nSPS) is 17.3. The van der Waals surface area contributed by atoms with Crippen molar-refractivity contribution in [1.29, 1.82) is 0 Å². The van der Waals surface area contributed by atoms with Gasteiger partial charge in [-0.05, 0) is 16.7 Å². The van der Waals surface area contributed by atoms with Crippen LogP contribution < -0.4 is 10.7 Å². The van der Waals surface area contributed by atoms with Crippen LogP contribution >= 0.6 is 34.9 Å². The molecule has 1 N–H and O–H groups in total. The molecule has 3 aromatic carbocycles. The highest BCUT2D eigenvalue weighted by Crippen LogP contribution is 2.46. The van der Waals surface area contributed by atoms with Crippen LogP contribution in [0, 0.1) is 0 Å². The van der Waals surface area contributed by atoms with Crippen molar-refractivity contribution in [1.82, 2.24) is 20.2 Å². The van der Waals surface area contributed by atoms with Gasteiger partial charge in [-0.15, -0.1) is 23.1 Å². The molecule has 0 radical (unpaired) electrons. The van der Waals surface area contributed by atoms with Gasteiger partial charge >= 0.3 is 5.97 Å². The molecule has 1 fully saturated rings. The van der Waals surface area contributed by atoms with Crippen molar-refractivity contribution in [2.45, 2.75) is 28.1 Å². The number of hydrogen-bond acceptors (Lipinski definition) is 10. The van der Waals surface area contributed by atoms with Crippen LogP contribution in [0.2, 0.25) is 0 Å². The molecule has 1 saturated heterocycles. The number of ether oxygens (including phenoxy) is 1. The highest BCUT2D eigenvalue weighted by molar-refractivity contribution is 8.07. The van der Waals surface area contributed by atoms with Crippen molar-refractivity contribution in [3.05, 3.63) is 147 Å². The third-order valence-electron chi connectivity index (χ3n) is 7.65. The molecule has 4 heterocycles.